The third-order valence-electron chi connectivity index (χ3n) is 6.35. The molecule has 1 aliphatic carbocycles. The average molecular weight is 454 g/mol. The first-order chi connectivity index (χ1) is 15.9. The number of benzene rings is 2. The number of likely N-dealkylation sites (N-methyl/N-ethyl adjacent to an activating group) is 1. The Kier molecular flexibility index (Phi) is 6.62. The van der Waals surface area contributed by atoms with Gasteiger partial charge in [-0.25, -0.2) is 9.40 Å². The minimum atomic E-state index is -0.618. The van der Waals surface area contributed by atoms with Crippen molar-refractivity contribution in [3.63, 3.8) is 0 Å². The minimum Gasteiger partial charge on any atom is -0.497 e. The Hall–Kier alpha value is -3.42. The summed E-state index contributed by atoms with van der Waals surface area (Å²) < 4.78 is 25.5. The van der Waals surface area contributed by atoms with Crippen LogP contribution in [0.4, 0.5) is 4.39 Å². The Labute approximate surface area is 192 Å². The third kappa shape index (κ3) is 4.55. The highest BCUT2D eigenvalue weighted by molar-refractivity contribution is 6.05. The van der Waals surface area contributed by atoms with E-state index in [1.807, 2.05) is 6.07 Å². The number of rotatable bonds is 7. The lowest BCUT2D eigenvalue weighted by Crippen LogP contribution is -2.43. The Balaban J connectivity index is 1.64. The molecule has 0 N–H and O–H groups in total. The van der Waals surface area contributed by atoms with Crippen LogP contribution in [-0.2, 0) is 9.59 Å². The number of nitrogens with zero attached hydrogens (tertiary/aromatic N) is 3. The molecular weight excluding hydrogens is 425 g/mol. The van der Waals surface area contributed by atoms with E-state index in [1.165, 1.54) is 16.0 Å². The van der Waals surface area contributed by atoms with Crippen molar-refractivity contribution in [2.45, 2.75) is 31.7 Å². The van der Waals surface area contributed by atoms with E-state index in [9.17, 15) is 14.0 Å². The maximum atomic E-state index is 14.7. The van der Waals surface area contributed by atoms with E-state index >= 15 is 0 Å². The standard InChI is InChI=1S/C25H28FN3O4/c1-28(25(31)16-7-6-8-16)15-24(30)29-22(18-9-4-5-10-20(18)26)14-21(27-29)19-12-11-17(32-2)13-23(19)33-3/h4-5,9-13,16,22H,6-8,14-15H2,1-3H3/t22-/m0/s1. The summed E-state index contributed by atoms with van der Waals surface area (Å²) in [7, 11) is 4.74. The molecule has 1 aliphatic heterocycles. The van der Waals surface area contributed by atoms with Crippen LogP contribution in [0, 0.1) is 11.7 Å². The van der Waals surface area contributed by atoms with Gasteiger partial charge in [-0.15, -0.1) is 0 Å². The molecule has 174 valence electrons. The van der Waals surface area contributed by atoms with Gasteiger partial charge < -0.3 is 14.4 Å². The number of hydrazone groups is 1. The number of amides is 2. The van der Waals surface area contributed by atoms with Crippen molar-refractivity contribution in [2.24, 2.45) is 11.0 Å². The van der Waals surface area contributed by atoms with Crippen LogP contribution in [0.5, 0.6) is 11.5 Å². The monoisotopic (exact) mass is 453 g/mol. The molecule has 2 aromatic carbocycles. The lowest BCUT2D eigenvalue weighted by atomic mass is 9.84. The third-order valence-corrected chi connectivity index (χ3v) is 6.35. The van der Waals surface area contributed by atoms with Gasteiger partial charge >= 0.3 is 0 Å². The van der Waals surface area contributed by atoms with Crippen LogP contribution in [0.15, 0.2) is 47.6 Å². The second-order valence-corrected chi connectivity index (χ2v) is 8.41. The second-order valence-electron chi connectivity index (χ2n) is 8.41. The molecule has 33 heavy (non-hydrogen) atoms. The number of methoxy groups -OCH3 is 2. The van der Waals surface area contributed by atoms with E-state index in [0.29, 0.717) is 34.8 Å². The first kappa shape index (κ1) is 22.8. The number of ether oxygens (including phenoxy) is 2. The van der Waals surface area contributed by atoms with Gasteiger partial charge in [0.1, 0.15) is 23.9 Å². The van der Waals surface area contributed by atoms with Gasteiger partial charge in [0, 0.05) is 36.6 Å². The smallest absolute Gasteiger partial charge is 0.262 e. The summed E-state index contributed by atoms with van der Waals surface area (Å²) in [5, 5.41) is 5.90. The Morgan fingerprint density at radius 1 is 1.15 bits per heavy atom. The first-order valence-electron chi connectivity index (χ1n) is 11.0. The number of carbonyl (C=O) groups is 2. The Bertz CT molecular complexity index is 1080. The van der Waals surface area contributed by atoms with E-state index in [1.54, 1.807) is 51.6 Å². The molecule has 0 unspecified atom stereocenters. The first-order valence-corrected chi connectivity index (χ1v) is 11.0. The fourth-order valence-electron chi connectivity index (χ4n) is 4.25. The maximum Gasteiger partial charge on any atom is 0.262 e. The molecule has 0 saturated heterocycles. The van der Waals surface area contributed by atoms with Gasteiger partial charge in [0.2, 0.25) is 5.91 Å². The molecule has 0 aromatic heterocycles. The summed E-state index contributed by atoms with van der Waals surface area (Å²) in [4.78, 5) is 27.3. The lowest BCUT2D eigenvalue weighted by Gasteiger charge is -2.30. The number of halogens is 1. The normalized spacial score (nSPS) is 17.9. The van der Waals surface area contributed by atoms with Gasteiger partial charge in [-0.1, -0.05) is 24.6 Å². The lowest BCUT2D eigenvalue weighted by molar-refractivity contribution is -0.144. The van der Waals surface area contributed by atoms with Crippen molar-refractivity contribution in [3.8, 4) is 11.5 Å². The summed E-state index contributed by atoms with van der Waals surface area (Å²) in [6.07, 6.45) is 3.07. The topological polar surface area (TPSA) is 71.4 Å². The van der Waals surface area contributed by atoms with Crippen LogP contribution in [0.1, 0.15) is 42.9 Å². The number of carbonyl (C=O) groups excluding carboxylic acids is 2. The fourth-order valence-corrected chi connectivity index (χ4v) is 4.25. The SMILES string of the molecule is COc1ccc(C2=NN(C(=O)CN(C)C(=O)C3CCC3)[C@H](c3ccccc3F)C2)c(OC)c1. The summed E-state index contributed by atoms with van der Waals surface area (Å²) in [5.41, 5.74) is 1.68. The van der Waals surface area contributed by atoms with Crippen LogP contribution in [0.25, 0.3) is 0 Å². The molecule has 2 aliphatic rings. The van der Waals surface area contributed by atoms with E-state index in [2.05, 4.69) is 5.10 Å². The van der Waals surface area contributed by atoms with E-state index < -0.39 is 11.9 Å². The summed E-state index contributed by atoms with van der Waals surface area (Å²) >= 11 is 0. The molecule has 1 saturated carbocycles. The molecule has 7 nitrogen and oxygen atoms in total. The molecule has 0 bridgehead atoms. The highest BCUT2D eigenvalue weighted by atomic mass is 19.1. The Morgan fingerprint density at radius 2 is 1.91 bits per heavy atom. The molecule has 1 fully saturated rings. The molecule has 4 rings (SSSR count). The van der Waals surface area contributed by atoms with Crippen molar-refractivity contribution < 1.29 is 23.5 Å². The van der Waals surface area contributed by atoms with Crippen LogP contribution in [0.3, 0.4) is 0 Å². The predicted octanol–water partition coefficient (Wildman–Crippen LogP) is 3.78. The van der Waals surface area contributed by atoms with Crippen LogP contribution >= 0.6 is 0 Å². The van der Waals surface area contributed by atoms with Crippen LogP contribution < -0.4 is 9.47 Å². The van der Waals surface area contributed by atoms with Crippen LogP contribution in [0.2, 0.25) is 0 Å². The van der Waals surface area contributed by atoms with E-state index in [4.69, 9.17) is 9.47 Å². The van der Waals surface area contributed by atoms with E-state index in [-0.39, 0.29) is 24.3 Å². The molecule has 2 amide bonds. The van der Waals surface area contributed by atoms with Gasteiger partial charge in [-0.05, 0) is 31.0 Å². The van der Waals surface area contributed by atoms with Gasteiger partial charge in [0.15, 0.2) is 0 Å². The van der Waals surface area contributed by atoms with Crippen molar-refractivity contribution >= 4 is 17.5 Å². The minimum absolute atomic E-state index is 0.00800. The molecule has 1 atom stereocenters. The molecule has 8 heteroatoms. The second kappa shape index (κ2) is 9.60. The predicted molar refractivity (Wildman–Crippen MR) is 122 cm³/mol. The van der Waals surface area contributed by atoms with Gasteiger partial charge in [-0.3, -0.25) is 9.59 Å². The zero-order chi connectivity index (χ0) is 23.5. The maximum absolute atomic E-state index is 14.7. The molecule has 0 radical (unpaired) electrons. The van der Waals surface area contributed by atoms with Gasteiger partial charge in [-0.2, -0.15) is 5.10 Å². The van der Waals surface area contributed by atoms with Crippen molar-refractivity contribution in [2.75, 3.05) is 27.8 Å². The summed E-state index contributed by atoms with van der Waals surface area (Å²) in [6.45, 7) is -0.114. The molecule has 0 spiro atoms. The zero-order valence-electron chi connectivity index (χ0n) is 19.1. The summed E-state index contributed by atoms with van der Waals surface area (Å²) in [6, 6.07) is 11.1. The summed E-state index contributed by atoms with van der Waals surface area (Å²) in [5.74, 6) is 0.373. The molecule has 2 aromatic rings. The fraction of sp³-hybridized carbons (Fsp3) is 0.400. The van der Waals surface area contributed by atoms with Gasteiger partial charge in [0.25, 0.3) is 5.91 Å². The Morgan fingerprint density at radius 3 is 2.55 bits per heavy atom. The highest BCUT2D eigenvalue weighted by Crippen LogP contribution is 2.37. The highest BCUT2D eigenvalue weighted by Gasteiger charge is 2.37. The van der Waals surface area contributed by atoms with Crippen molar-refractivity contribution in [3.05, 3.63) is 59.4 Å². The molecule has 1 heterocycles. The molecular formula is C25H28FN3O4. The largest absolute Gasteiger partial charge is 0.497 e. The number of hydrogen-bond acceptors (Lipinski definition) is 5. The van der Waals surface area contributed by atoms with E-state index in [0.717, 1.165) is 19.3 Å². The van der Waals surface area contributed by atoms with Crippen molar-refractivity contribution in [1.82, 2.24) is 9.91 Å². The zero-order valence-corrected chi connectivity index (χ0v) is 19.1. The van der Waals surface area contributed by atoms with Gasteiger partial charge in [0.05, 0.1) is 26.0 Å². The van der Waals surface area contributed by atoms with Crippen molar-refractivity contribution in [1.29, 1.82) is 0 Å². The number of hydrogen-bond donors (Lipinski definition) is 0. The quantitative estimate of drug-likeness (QED) is 0.640. The van der Waals surface area contributed by atoms with Crippen LogP contribution in [-0.4, -0.2) is 55.2 Å². The average Bonchev–Trinajstić information content (AvgIpc) is 3.22.